The van der Waals surface area contributed by atoms with Gasteiger partial charge in [0.05, 0.1) is 0 Å². The molecule has 0 fully saturated rings. The predicted octanol–water partition coefficient (Wildman–Crippen LogP) is 3.97. The number of aromatic hydroxyl groups is 1. The number of fused-ring (bicyclic) bond motifs is 1. The SMILES string of the molecule is O=c1nc(SCc2ccc(O)cc2)c2c(n1CCc1ccccc1)CCC2. The van der Waals surface area contributed by atoms with E-state index in [0.717, 1.165) is 42.0 Å². The fraction of sp³-hybridized carbons (Fsp3) is 0.273. The van der Waals surface area contributed by atoms with E-state index in [2.05, 4.69) is 17.1 Å². The highest BCUT2D eigenvalue weighted by Gasteiger charge is 2.21. The van der Waals surface area contributed by atoms with Crippen LogP contribution in [-0.2, 0) is 31.6 Å². The van der Waals surface area contributed by atoms with Crippen molar-refractivity contribution in [3.8, 4) is 5.75 Å². The van der Waals surface area contributed by atoms with Crippen molar-refractivity contribution in [2.45, 2.75) is 43.0 Å². The summed E-state index contributed by atoms with van der Waals surface area (Å²) in [6.07, 6.45) is 3.87. The van der Waals surface area contributed by atoms with Crippen LogP contribution in [0, 0.1) is 0 Å². The molecule has 0 unspecified atom stereocenters. The number of nitrogens with zero attached hydrogens (tertiary/aromatic N) is 2. The summed E-state index contributed by atoms with van der Waals surface area (Å²) in [7, 11) is 0. The van der Waals surface area contributed by atoms with Crippen LogP contribution in [0.15, 0.2) is 64.4 Å². The molecule has 0 amide bonds. The van der Waals surface area contributed by atoms with Crippen molar-refractivity contribution >= 4 is 11.8 Å². The first kappa shape index (κ1) is 17.9. The molecule has 5 heteroatoms. The van der Waals surface area contributed by atoms with Gasteiger partial charge >= 0.3 is 5.69 Å². The Bertz CT molecular complexity index is 982. The van der Waals surface area contributed by atoms with Gasteiger partial charge in [-0.05, 0) is 48.9 Å². The molecule has 27 heavy (non-hydrogen) atoms. The number of thioether (sulfide) groups is 1. The van der Waals surface area contributed by atoms with E-state index in [9.17, 15) is 9.90 Å². The summed E-state index contributed by atoms with van der Waals surface area (Å²) >= 11 is 1.62. The monoisotopic (exact) mass is 378 g/mol. The maximum absolute atomic E-state index is 12.7. The molecule has 138 valence electrons. The number of hydrogen-bond acceptors (Lipinski definition) is 4. The summed E-state index contributed by atoms with van der Waals surface area (Å²) in [6, 6.07) is 17.5. The second kappa shape index (κ2) is 8.01. The van der Waals surface area contributed by atoms with Gasteiger partial charge in [0.1, 0.15) is 10.8 Å². The number of phenols is 1. The Balaban J connectivity index is 1.54. The minimum atomic E-state index is -0.139. The maximum Gasteiger partial charge on any atom is 0.348 e. The minimum Gasteiger partial charge on any atom is -0.508 e. The molecule has 1 aromatic heterocycles. The number of hydrogen-bond donors (Lipinski definition) is 1. The fourth-order valence-corrected chi connectivity index (χ4v) is 4.60. The van der Waals surface area contributed by atoms with E-state index in [0.29, 0.717) is 6.54 Å². The van der Waals surface area contributed by atoms with Crippen LogP contribution in [-0.4, -0.2) is 14.7 Å². The van der Waals surface area contributed by atoms with Crippen molar-refractivity contribution in [2.24, 2.45) is 0 Å². The Morgan fingerprint density at radius 1 is 1.00 bits per heavy atom. The lowest BCUT2D eigenvalue weighted by Crippen LogP contribution is -2.28. The van der Waals surface area contributed by atoms with E-state index < -0.39 is 0 Å². The highest BCUT2D eigenvalue weighted by Crippen LogP contribution is 2.31. The van der Waals surface area contributed by atoms with Crippen LogP contribution in [0.1, 0.15) is 28.8 Å². The van der Waals surface area contributed by atoms with Gasteiger partial charge in [-0.25, -0.2) is 4.79 Å². The van der Waals surface area contributed by atoms with Crippen LogP contribution >= 0.6 is 11.8 Å². The van der Waals surface area contributed by atoms with Crippen LogP contribution in [0.3, 0.4) is 0 Å². The van der Waals surface area contributed by atoms with Gasteiger partial charge in [-0.3, -0.25) is 4.57 Å². The van der Waals surface area contributed by atoms with Gasteiger partial charge in [0, 0.05) is 23.6 Å². The molecule has 0 radical (unpaired) electrons. The second-order valence-corrected chi connectivity index (χ2v) is 7.78. The molecule has 0 saturated carbocycles. The summed E-state index contributed by atoms with van der Waals surface area (Å²) in [5.41, 5.74) is 4.62. The average molecular weight is 378 g/mol. The van der Waals surface area contributed by atoms with Gasteiger partial charge < -0.3 is 5.11 Å². The molecule has 0 saturated heterocycles. The first-order valence-corrected chi connectivity index (χ1v) is 10.3. The van der Waals surface area contributed by atoms with Crippen LogP contribution in [0.2, 0.25) is 0 Å². The van der Waals surface area contributed by atoms with Gasteiger partial charge in [-0.1, -0.05) is 42.5 Å². The standard InChI is InChI=1S/C22H22N2O2S/c25-18-11-9-17(10-12-18)15-27-21-19-7-4-8-20(19)24(22(26)23-21)14-13-16-5-2-1-3-6-16/h1-3,5-6,9-12,25H,4,7-8,13-15H2. The molecule has 0 atom stereocenters. The molecule has 0 aliphatic heterocycles. The Kier molecular flexibility index (Phi) is 5.30. The van der Waals surface area contributed by atoms with Crippen molar-refractivity contribution in [3.63, 3.8) is 0 Å². The quantitative estimate of drug-likeness (QED) is 0.521. The minimum absolute atomic E-state index is 0.139. The number of rotatable bonds is 6. The van der Waals surface area contributed by atoms with E-state index in [4.69, 9.17) is 0 Å². The van der Waals surface area contributed by atoms with E-state index in [1.54, 1.807) is 23.9 Å². The highest BCUT2D eigenvalue weighted by atomic mass is 32.2. The molecule has 1 heterocycles. The van der Waals surface area contributed by atoms with Crippen LogP contribution in [0.25, 0.3) is 0 Å². The molecule has 2 aromatic carbocycles. The Labute approximate surface area is 162 Å². The zero-order valence-corrected chi connectivity index (χ0v) is 15.9. The third kappa shape index (κ3) is 4.08. The smallest absolute Gasteiger partial charge is 0.348 e. The van der Waals surface area contributed by atoms with Crippen molar-refractivity contribution in [3.05, 3.63) is 87.5 Å². The number of aryl methyl sites for hydroxylation is 1. The molecule has 1 aliphatic carbocycles. The van der Waals surface area contributed by atoms with Crippen LogP contribution in [0.5, 0.6) is 5.75 Å². The predicted molar refractivity (Wildman–Crippen MR) is 108 cm³/mol. The molecular formula is C22H22N2O2S. The van der Waals surface area contributed by atoms with Gasteiger partial charge in [-0.15, -0.1) is 11.8 Å². The van der Waals surface area contributed by atoms with E-state index in [-0.39, 0.29) is 11.4 Å². The van der Waals surface area contributed by atoms with Gasteiger partial charge in [0.15, 0.2) is 0 Å². The molecule has 4 rings (SSSR count). The summed E-state index contributed by atoms with van der Waals surface area (Å²) in [6.45, 7) is 0.682. The lowest BCUT2D eigenvalue weighted by Gasteiger charge is -2.14. The lowest BCUT2D eigenvalue weighted by molar-refractivity contribution is 0.475. The van der Waals surface area contributed by atoms with Crippen molar-refractivity contribution in [2.75, 3.05) is 0 Å². The third-order valence-corrected chi connectivity index (χ3v) is 6.07. The fourth-order valence-electron chi connectivity index (χ4n) is 3.57. The zero-order chi connectivity index (χ0) is 18.6. The maximum atomic E-state index is 12.7. The Hall–Kier alpha value is -2.53. The van der Waals surface area contributed by atoms with Gasteiger partial charge in [-0.2, -0.15) is 4.98 Å². The van der Waals surface area contributed by atoms with Crippen molar-refractivity contribution in [1.82, 2.24) is 9.55 Å². The van der Waals surface area contributed by atoms with Crippen LogP contribution < -0.4 is 5.69 Å². The molecule has 1 aliphatic rings. The van der Waals surface area contributed by atoms with E-state index in [1.807, 2.05) is 34.9 Å². The second-order valence-electron chi connectivity index (χ2n) is 6.82. The number of aromatic nitrogens is 2. The van der Waals surface area contributed by atoms with Gasteiger partial charge in [0.2, 0.25) is 0 Å². The Morgan fingerprint density at radius 3 is 2.56 bits per heavy atom. The topological polar surface area (TPSA) is 55.1 Å². The van der Waals surface area contributed by atoms with Crippen molar-refractivity contribution < 1.29 is 5.11 Å². The van der Waals surface area contributed by atoms with E-state index in [1.165, 1.54) is 16.8 Å². The molecule has 4 nitrogen and oxygen atoms in total. The molecule has 0 spiro atoms. The number of benzene rings is 2. The van der Waals surface area contributed by atoms with Crippen LogP contribution in [0.4, 0.5) is 0 Å². The summed E-state index contributed by atoms with van der Waals surface area (Å²) in [5, 5.41) is 10.3. The highest BCUT2D eigenvalue weighted by molar-refractivity contribution is 7.98. The molecular weight excluding hydrogens is 356 g/mol. The Morgan fingerprint density at radius 2 is 1.78 bits per heavy atom. The average Bonchev–Trinajstić information content (AvgIpc) is 3.17. The largest absolute Gasteiger partial charge is 0.508 e. The van der Waals surface area contributed by atoms with E-state index >= 15 is 0 Å². The first-order valence-electron chi connectivity index (χ1n) is 9.28. The van der Waals surface area contributed by atoms with Crippen molar-refractivity contribution in [1.29, 1.82) is 0 Å². The first-order chi connectivity index (χ1) is 13.2. The molecule has 3 aromatic rings. The summed E-state index contributed by atoms with van der Waals surface area (Å²) in [4.78, 5) is 17.1. The summed E-state index contributed by atoms with van der Waals surface area (Å²) < 4.78 is 1.87. The molecule has 1 N–H and O–H groups in total. The summed E-state index contributed by atoms with van der Waals surface area (Å²) in [5.74, 6) is 1.01. The lowest BCUT2D eigenvalue weighted by atomic mass is 10.1. The number of phenolic OH excluding ortho intramolecular Hbond substituents is 1. The van der Waals surface area contributed by atoms with Gasteiger partial charge in [0.25, 0.3) is 0 Å². The third-order valence-electron chi connectivity index (χ3n) is 4.98. The zero-order valence-electron chi connectivity index (χ0n) is 15.1. The normalized spacial score (nSPS) is 12.9. The molecule has 0 bridgehead atoms.